The predicted octanol–water partition coefficient (Wildman–Crippen LogP) is 0.0785. The third kappa shape index (κ3) is 3.98. The maximum atomic E-state index is 11.8. The minimum absolute atomic E-state index is 0.0923. The lowest BCUT2D eigenvalue weighted by Crippen LogP contribution is -2.30. The summed E-state index contributed by atoms with van der Waals surface area (Å²) in [6, 6.07) is 7.73. The van der Waals surface area contributed by atoms with Gasteiger partial charge in [-0.3, -0.25) is 0 Å². The summed E-state index contributed by atoms with van der Waals surface area (Å²) in [6.45, 7) is 0. The van der Waals surface area contributed by atoms with Gasteiger partial charge in [-0.1, -0.05) is 18.2 Å². The van der Waals surface area contributed by atoms with Crippen LogP contribution in [0.2, 0.25) is 0 Å². The van der Waals surface area contributed by atoms with E-state index in [0.29, 0.717) is 0 Å². The van der Waals surface area contributed by atoms with Crippen LogP contribution in [0.15, 0.2) is 46.5 Å². The first-order valence-electron chi connectivity index (χ1n) is 4.87. The topological polar surface area (TPSA) is 111 Å². The molecule has 0 bridgehead atoms. The zero-order valence-electron chi connectivity index (χ0n) is 9.58. The fraction of sp³-hybridized carbons (Fsp3) is 0.100. The highest BCUT2D eigenvalue weighted by molar-refractivity contribution is 7.94. The molecule has 7 nitrogen and oxygen atoms in total. The molecule has 0 spiro atoms. The van der Waals surface area contributed by atoms with Gasteiger partial charge in [0.05, 0.1) is 10.3 Å². The zero-order valence-corrected chi connectivity index (χ0v) is 10.4. The average Bonchev–Trinajstić information content (AvgIpc) is 2.36. The Morgan fingerprint density at radius 1 is 1.33 bits per heavy atom. The number of benzene rings is 1. The van der Waals surface area contributed by atoms with Crippen molar-refractivity contribution in [3.05, 3.63) is 41.6 Å². The largest absolute Gasteiger partial charge is 0.431 e. The predicted molar refractivity (Wildman–Crippen MR) is 64.6 cm³/mol. The van der Waals surface area contributed by atoms with E-state index in [1.54, 1.807) is 18.2 Å². The maximum Gasteiger partial charge on any atom is 0.431 e. The lowest BCUT2D eigenvalue weighted by Gasteiger charge is -2.06. The number of rotatable bonds is 4. The Labute approximate surface area is 104 Å². The number of hydrogen-bond donors (Lipinski definition) is 3. The first kappa shape index (κ1) is 13.8. The summed E-state index contributed by atoms with van der Waals surface area (Å²) >= 11 is 0. The molecule has 0 heterocycles. The van der Waals surface area contributed by atoms with Gasteiger partial charge >= 0.3 is 6.09 Å². The van der Waals surface area contributed by atoms with Crippen LogP contribution in [0.25, 0.3) is 0 Å². The normalized spacial score (nSPS) is 11.7. The smallest absolute Gasteiger partial charge is 0.383 e. The summed E-state index contributed by atoms with van der Waals surface area (Å²) in [5.74, 6) is -0.303. The Bertz CT molecular complexity index is 540. The standard InChI is InChI=1S/C10H13N3O4S/c1-12-10(14)17-13-9(11)7-18(15,16)8-5-3-2-4-6-8/h2-7,13H,11H2,1H3,(H,12,14)/b9-7+. The van der Waals surface area contributed by atoms with Crippen LogP contribution in [0.4, 0.5) is 4.79 Å². The van der Waals surface area contributed by atoms with Gasteiger partial charge in [0.25, 0.3) is 0 Å². The van der Waals surface area contributed by atoms with E-state index in [1.165, 1.54) is 19.2 Å². The molecule has 0 aliphatic rings. The monoisotopic (exact) mass is 271 g/mol. The minimum Gasteiger partial charge on any atom is -0.383 e. The highest BCUT2D eigenvalue weighted by atomic mass is 32.2. The van der Waals surface area contributed by atoms with Crippen LogP contribution in [0.1, 0.15) is 0 Å². The molecular formula is C10H13N3O4S. The number of carbonyl (C=O) groups is 1. The molecule has 0 fully saturated rings. The van der Waals surface area contributed by atoms with Crippen LogP contribution in [-0.2, 0) is 14.7 Å². The summed E-state index contributed by atoms with van der Waals surface area (Å²) in [7, 11) is -2.32. The highest BCUT2D eigenvalue weighted by Crippen LogP contribution is 2.11. The number of amides is 1. The molecule has 8 heteroatoms. The van der Waals surface area contributed by atoms with Crippen LogP contribution in [-0.4, -0.2) is 21.6 Å². The lowest BCUT2D eigenvalue weighted by molar-refractivity contribution is 0.107. The van der Waals surface area contributed by atoms with Crippen molar-refractivity contribution in [1.29, 1.82) is 0 Å². The minimum atomic E-state index is -3.68. The van der Waals surface area contributed by atoms with Gasteiger partial charge < -0.3 is 15.9 Å². The van der Waals surface area contributed by atoms with E-state index in [2.05, 4.69) is 10.2 Å². The molecule has 0 radical (unpaired) electrons. The van der Waals surface area contributed by atoms with Gasteiger partial charge in [0, 0.05) is 7.05 Å². The fourth-order valence-corrected chi connectivity index (χ4v) is 2.08. The SMILES string of the molecule is CNC(=O)ON/C(N)=C/S(=O)(=O)c1ccccc1. The van der Waals surface area contributed by atoms with Crippen molar-refractivity contribution in [2.75, 3.05) is 7.05 Å². The summed E-state index contributed by atoms with van der Waals surface area (Å²) in [5.41, 5.74) is 7.37. The maximum absolute atomic E-state index is 11.8. The van der Waals surface area contributed by atoms with Crippen molar-refractivity contribution in [2.45, 2.75) is 4.90 Å². The molecule has 1 rings (SSSR count). The molecule has 4 N–H and O–H groups in total. The third-order valence-electron chi connectivity index (χ3n) is 1.82. The molecule has 0 aliphatic heterocycles. The van der Waals surface area contributed by atoms with Crippen LogP contribution < -0.4 is 16.5 Å². The van der Waals surface area contributed by atoms with E-state index in [1.807, 2.05) is 5.48 Å². The molecule has 1 aromatic carbocycles. The third-order valence-corrected chi connectivity index (χ3v) is 3.31. The van der Waals surface area contributed by atoms with Crippen molar-refractivity contribution in [3.8, 4) is 0 Å². The number of carbonyl (C=O) groups excluding carboxylic acids is 1. The Kier molecular flexibility index (Phi) is 4.55. The van der Waals surface area contributed by atoms with E-state index in [9.17, 15) is 13.2 Å². The van der Waals surface area contributed by atoms with Gasteiger partial charge in [-0.25, -0.2) is 18.7 Å². The molecule has 18 heavy (non-hydrogen) atoms. The average molecular weight is 271 g/mol. The van der Waals surface area contributed by atoms with Gasteiger partial charge in [-0.2, -0.15) is 0 Å². The first-order chi connectivity index (χ1) is 8.45. The molecule has 0 saturated heterocycles. The molecule has 0 unspecified atom stereocenters. The highest BCUT2D eigenvalue weighted by Gasteiger charge is 2.11. The van der Waals surface area contributed by atoms with E-state index >= 15 is 0 Å². The molecule has 98 valence electrons. The van der Waals surface area contributed by atoms with Crippen molar-refractivity contribution < 1.29 is 18.0 Å². The van der Waals surface area contributed by atoms with E-state index in [0.717, 1.165) is 5.41 Å². The molecule has 0 aromatic heterocycles. The quantitative estimate of drug-likeness (QED) is 0.669. The van der Waals surface area contributed by atoms with Gasteiger partial charge in [0.1, 0.15) is 5.82 Å². The van der Waals surface area contributed by atoms with Gasteiger partial charge in [0.15, 0.2) is 0 Å². The Morgan fingerprint density at radius 3 is 2.50 bits per heavy atom. The van der Waals surface area contributed by atoms with E-state index in [4.69, 9.17) is 5.73 Å². The van der Waals surface area contributed by atoms with E-state index < -0.39 is 15.9 Å². The number of nitrogens with one attached hydrogen (secondary N) is 2. The molecular weight excluding hydrogens is 258 g/mol. The number of nitrogens with two attached hydrogens (primary N) is 1. The molecule has 0 saturated carbocycles. The van der Waals surface area contributed by atoms with Crippen molar-refractivity contribution in [2.24, 2.45) is 5.73 Å². The Morgan fingerprint density at radius 2 is 1.94 bits per heavy atom. The fourth-order valence-electron chi connectivity index (χ4n) is 1.03. The first-order valence-corrected chi connectivity index (χ1v) is 6.42. The van der Waals surface area contributed by atoms with E-state index in [-0.39, 0.29) is 10.7 Å². The number of sulfone groups is 1. The van der Waals surface area contributed by atoms with Crippen molar-refractivity contribution in [1.82, 2.24) is 10.8 Å². The van der Waals surface area contributed by atoms with Gasteiger partial charge in [-0.05, 0) is 12.1 Å². The van der Waals surface area contributed by atoms with Gasteiger partial charge in [-0.15, -0.1) is 0 Å². The Balaban J connectivity index is 2.79. The lowest BCUT2D eigenvalue weighted by atomic mass is 10.4. The molecule has 1 amide bonds. The second-order valence-electron chi connectivity index (χ2n) is 3.17. The van der Waals surface area contributed by atoms with Crippen LogP contribution >= 0.6 is 0 Å². The van der Waals surface area contributed by atoms with Crippen LogP contribution in [0, 0.1) is 0 Å². The van der Waals surface area contributed by atoms with Crippen molar-refractivity contribution in [3.63, 3.8) is 0 Å². The summed E-state index contributed by atoms with van der Waals surface area (Å²) < 4.78 is 23.6. The zero-order chi connectivity index (χ0) is 13.6. The van der Waals surface area contributed by atoms with Crippen LogP contribution in [0.3, 0.4) is 0 Å². The number of hydroxylamine groups is 1. The summed E-state index contributed by atoms with van der Waals surface area (Å²) in [5, 5.41) is 2.93. The Hall–Kier alpha value is -2.22. The summed E-state index contributed by atoms with van der Waals surface area (Å²) in [6.07, 6.45) is -0.788. The number of hydrogen-bond acceptors (Lipinski definition) is 6. The second-order valence-corrected chi connectivity index (χ2v) is 4.97. The second kappa shape index (κ2) is 5.92. The van der Waals surface area contributed by atoms with Gasteiger partial charge in [0.2, 0.25) is 9.84 Å². The van der Waals surface area contributed by atoms with Crippen molar-refractivity contribution >= 4 is 15.9 Å². The summed E-state index contributed by atoms with van der Waals surface area (Å²) in [4.78, 5) is 15.2. The van der Waals surface area contributed by atoms with Crippen LogP contribution in [0.5, 0.6) is 0 Å². The molecule has 0 aliphatic carbocycles. The molecule has 0 atom stereocenters. The molecule has 1 aromatic rings.